The Labute approximate surface area is 244 Å². The Bertz CT molecular complexity index is 1310. The number of ether oxygens (including phenoxy) is 1. The van der Waals surface area contributed by atoms with Crippen molar-refractivity contribution in [2.24, 2.45) is 0 Å². The third-order valence-electron chi connectivity index (χ3n) is 8.01. The molecule has 0 saturated carbocycles. The molecule has 2 fully saturated rings. The van der Waals surface area contributed by atoms with Gasteiger partial charge in [-0.2, -0.15) is 4.98 Å². The molecule has 2 aromatic carbocycles. The smallest absolute Gasteiger partial charge is 0.229 e. The molecule has 0 atom stereocenters. The Hall–Kier alpha value is -2.64. The third kappa shape index (κ3) is 6.63. The van der Waals surface area contributed by atoms with E-state index in [1.807, 2.05) is 6.07 Å². The number of piperidine rings is 1. The average molecular weight is 582 g/mol. The van der Waals surface area contributed by atoms with Crippen LogP contribution in [-0.4, -0.2) is 92.6 Å². The van der Waals surface area contributed by atoms with E-state index in [0.717, 1.165) is 30.2 Å². The predicted octanol–water partition coefficient (Wildman–Crippen LogP) is 5.52. The van der Waals surface area contributed by atoms with Crippen LogP contribution in [0.15, 0.2) is 42.6 Å². The molecule has 2 aliphatic rings. The van der Waals surface area contributed by atoms with E-state index in [4.69, 9.17) is 21.3 Å². The first kappa shape index (κ1) is 28.9. The second kappa shape index (κ2) is 12.9. The fourth-order valence-corrected chi connectivity index (χ4v) is 6.81. The highest BCUT2D eigenvalue weighted by atomic mass is 35.5. The van der Waals surface area contributed by atoms with Crippen molar-refractivity contribution in [3.05, 3.63) is 53.2 Å². The largest absolute Gasteiger partial charge is 0.494 e. The minimum absolute atomic E-state index is 0.286. The molecule has 3 aromatic rings. The molecule has 2 saturated heterocycles. The summed E-state index contributed by atoms with van der Waals surface area (Å²) >= 11 is 6.49. The van der Waals surface area contributed by atoms with Gasteiger partial charge in [0.1, 0.15) is 10.8 Å². The Morgan fingerprint density at radius 2 is 1.70 bits per heavy atom. The zero-order chi connectivity index (χ0) is 28.2. The van der Waals surface area contributed by atoms with Gasteiger partial charge in [0.2, 0.25) is 5.95 Å². The number of piperazine rings is 1. The molecule has 0 radical (unpaired) electrons. The Morgan fingerprint density at radius 1 is 0.975 bits per heavy atom. The van der Waals surface area contributed by atoms with Gasteiger partial charge in [0.25, 0.3) is 0 Å². The zero-order valence-corrected chi connectivity index (χ0v) is 25.9. The van der Waals surface area contributed by atoms with E-state index in [2.05, 4.69) is 88.0 Å². The number of para-hydroxylation sites is 1. The van der Waals surface area contributed by atoms with Crippen LogP contribution in [-0.2, 0) is 0 Å². The first-order valence-electron chi connectivity index (χ1n) is 14.0. The van der Waals surface area contributed by atoms with Gasteiger partial charge in [0, 0.05) is 62.8 Å². The second-order valence-electron chi connectivity index (χ2n) is 10.9. The van der Waals surface area contributed by atoms with Gasteiger partial charge in [-0.25, -0.2) is 4.98 Å². The molecule has 40 heavy (non-hydrogen) atoms. The SMILES string of the molecule is COc1cc(N2CCC(N3CCN(C)CC3)CC2)c(C)cc1Nc1ncc(Cl)c(Nc2ccccc2P(C)C)n1. The van der Waals surface area contributed by atoms with Gasteiger partial charge in [-0.15, -0.1) is 0 Å². The first-order valence-corrected chi connectivity index (χ1v) is 16.6. The quantitative estimate of drug-likeness (QED) is 0.337. The molecule has 2 N–H and O–H groups in total. The van der Waals surface area contributed by atoms with Gasteiger partial charge in [-0.3, -0.25) is 4.90 Å². The Kier molecular flexibility index (Phi) is 9.31. The molecule has 5 rings (SSSR count). The lowest BCUT2D eigenvalue weighted by Crippen LogP contribution is -2.52. The van der Waals surface area contributed by atoms with Gasteiger partial charge in [0.05, 0.1) is 19.0 Å². The number of benzene rings is 2. The molecule has 3 heterocycles. The number of nitrogens with zero attached hydrogens (tertiary/aromatic N) is 5. The van der Waals surface area contributed by atoms with E-state index in [0.29, 0.717) is 22.8 Å². The first-order chi connectivity index (χ1) is 19.3. The van der Waals surface area contributed by atoms with Crippen molar-refractivity contribution >= 4 is 53.7 Å². The van der Waals surface area contributed by atoms with Gasteiger partial charge in [-0.1, -0.05) is 37.7 Å². The number of hydrogen-bond donors (Lipinski definition) is 2. The van der Waals surface area contributed by atoms with Crippen molar-refractivity contribution < 1.29 is 4.74 Å². The molecule has 0 bridgehead atoms. The van der Waals surface area contributed by atoms with Gasteiger partial charge in [-0.05, 0) is 63.1 Å². The van der Waals surface area contributed by atoms with Crippen LogP contribution in [0.25, 0.3) is 0 Å². The number of methoxy groups -OCH3 is 1. The number of rotatable bonds is 8. The number of aryl methyl sites for hydroxylation is 1. The second-order valence-corrected chi connectivity index (χ2v) is 13.6. The molecule has 0 spiro atoms. The van der Waals surface area contributed by atoms with E-state index < -0.39 is 0 Å². The monoisotopic (exact) mass is 581 g/mol. The maximum absolute atomic E-state index is 6.49. The summed E-state index contributed by atoms with van der Waals surface area (Å²) in [6, 6.07) is 13.2. The summed E-state index contributed by atoms with van der Waals surface area (Å²) in [6.07, 6.45) is 4.02. The Morgan fingerprint density at radius 3 is 2.40 bits per heavy atom. The maximum Gasteiger partial charge on any atom is 0.229 e. The lowest BCUT2D eigenvalue weighted by atomic mass is 10.0. The van der Waals surface area contributed by atoms with Crippen molar-refractivity contribution in [3.8, 4) is 5.75 Å². The third-order valence-corrected chi connectivity index (χ3v) is 9.64. The molecular weight excluding hydrogens is 541 g/mol. The van der Waals surface area contributed by atoms with Crippen molar-refractivity contribution in [1.82, 2.24) is 19.8 Å². The van der Waals surface area contributed by atoms with Crippen LogP contribution in [0, 0.1) is 6.92 Å². The van der Waals surface area contributed by atoms with E-state index >= 15 is 0 Å². The summed E-state index contributed by atoms with van der Waals surface area (Å²) in [5, 5.41) is 8.52. The van der Waals surface area contributed by atoms with Crippen molar-refractivity contribution in [2.75, 3.05) is 82.3 Å². The summed E-state index contributed by atoms with van der Waals surface area (Å²) in [5.41, 5.74) is 4.27. The molecular formula is C30H41ClN7OP. The van der Waals surface area contributed by atoms with Gasteiger partial charge < -0.3 is 25.2 Å². The van der Waals surface area contributed by atoms with Crippen LogP contribution < -0.4 is 25.6 Å². The summed E-state index contributed by atoms with van der Waals surface area (Å²) < 4.78 is 5.82. The van der Waals surface area contributed by atoms with Crippen LogP contribution in [0.1, 0.15) is 18.4 Å². The summed E-state index contributed by atoms with van der Waals surface area (Å²) in [4.78, 5) is 16.8. The lowest BCUT2D eigenvalue weighted by molar-refractivity contribution is 0.0982. The van der Waals surface area contributed by atoms with Crippen LogP contribution in [0.2, 0.25) is 5.02 Å². The van der Waals surface area contributed by atoms with Crippen molar-refractivity contribution in [2.45, 2.75) is 25.8 Å². The number of nitrogens with one attached hydrogen (secondary N) is 2. The highest BCUT2D eigenvalue weighted by molar-refractivity contribution is 7.64. The molecule has 0 amide bonds. The molecule has 8 nitrogen and oxygen atoms in total. The summed E-state index contributed by atoms with van der Waals surface area (Å²) in [6.45, 7) is 13.5. The van der Waals surface area contributed by atoms with Crippen LogP contribution in [0.3, 0.4) is 0 Å². The van der Waals surface area contributed by atoms with E-state index in [9.17, 15) is 0 Å². The average Bonchev–Trinajstić information content (AvgIpc) is 2.96. The lowest BCUT2D eigenvalue weighted by Gasteiger charge is -2.43. The minimum Gasteiger partial charge on any atom is -0.494 e. The standard InChI is InChI=1S/C30H41ClN7OP/c1-21-18-25(34-30-32-20-23(31)29(35-30)33-24-8-6-7-9-28(24)40(4)5)27(39-3)19-26(21)38-12-10-22(11-13-38)37-16-14-36(2)15-17-37/h6-9,18-20,22H,10-17H2,1-5H3,(H2,32,33,34,35). The molecule has 1 aromatic heterocycles. The van der Waals surface area contributed by atoms with Crippen molar-refractivity contribution in [3.63, 3.8) is 0 Å². The molecule has 2 aliphatic heterocycles. The predicted molar refractivity (Wildman–Crippen MR) is 170 cm³/mol. The number of aromatic nitrogens is 2. The van der Waals surface area contributed by atoms with Crippen molar-refractivity contribution in [1.29, 1.82) is 0 Å². The van der Waals surface area contributed by atoms with Gasteiger partial charge in [0.15, 0.2) is 5.82 Å². The number of halogens is 1. The number of likely N-dealkylation sites (N-methyl/N-ethyl adjacent to an activating group) is 1. The highest BCUT2D eigenvalue weighted by Crippen LogP contribution is 2.37. The Balaban J connectivity index is 1.29. The molecule has 10 heteroatoms. The normalized spacial score (nSPS) is 17.3. The van der Waals surface area contributed by atoms with Crippen LogP contribution in [0.4, 0.5) is 28.8 Å². The van der Waals surface area contributed by atoms with E-state index in [1.165, 1.54) is 55.6 Å². The molecule has 214 valence electrons. The fraction of sp³-hybridized carbons (Fsp3) is 0.467. The van der Waals surface area contributed by atoms with Crippen LogP contribution >= 0.6 is 19.5 Å². The summed E-state index contributed by atoms with van der Waals surface area (Å²) in [7, 11) is 3.64. The molecule has 0 aliphatic carbocycles. The fourth-order valence-electron chi connectivity index (χ4n) is 5.68. The van der Waals surface area contributed by atoms with E-state index in [1.54, 1.807) is 13.3 Å². The van der Waals surface area contributed by atoms with Gasteiger partial charge >= 0.3 is 0 Å². The topological polar surface area (TPSA) is 68.8 Å². The maximum atomic E-state index is 6.49. The minimum atomic E-state index is -0.286. The highest BCUT2D eigenvalue weighted by Gasteiger charge is 2.27. The van der Waals surface area contributed by atoms with E-state index in [-0.39, 0.29) is 7.92 Å². The number of anilines is 5. The summed E-state index contributed by atoms with van der Waals surface area (Å²) in [5.74, 6) is 1.79. The molecule has 0 unspecified atom stereocenters. The zero-order valence-electron chi connectivity index (χ0n) is 24.2. The number of hydrogen-bond acceptors (Lipinski definition) is 8. The van der Waals surface area contributed by atoms with Crippen LogP contribution in [0.5, 0.6) is 5.75 Å².